The van der Waals surface area contributed by atoms with E-state index in [9.17, 15) is 19.2 Å². The Labute approximate surface area is 174 Å². The summed E-state index contributed by atoms with van der Waals surface area (Å²) in [7, 11) is 0. The average molecular weight is 411 g/mol. The molecule has 29 heavy (non-hydrogen) atoms. The number of ketones is 1. The normalized spacial score (nSPS) is 17.6. The molecule has 2 unspecified atom stereocenters. The zero-order valence-corrected chi connectivity index (χ0v) is 18.3. The Bertz CT molecular complexity index is 549. The molecule has 0 spiro atoms. The second-order valence-corrected chi connectivity index (χ2v) is 7.90. The van der Waals surface area contributed by atoms with Gasteiger partial charge in [-0.25, -0.2) is 0 Å². The van der Waals surface area contributed by atoms with E-state index in [4.69, 9.17) is 4.74 Å². The number of nitrogens with zero attached hydrogens (tertiary/aromatic N) is 1. The molecule has 1 N–H and O–H groups in total. The number of hydrogen-bond acceptors (Lipinski definition) is 5. The fraction of sp³-hybridized carbons (Fsp3) is 0.818. The highest BCUT2D eigenvalue weighted by molar-refractivity contribution is 6.03. The van der Waals surface area contributed by atoms with E-state index in [0.29, 0.717) is 26.2 Å². The molecule has 2 atom stereocenters. The number of nitrogens with one attached hydrogen (secondary N) is 1. The molecule has 7 heteroatoms. The number of imide groups is 1. The molecule has 0 aliphatic carbocycles. The Hall–Kier alpha value is -1.76. The largest absolute Gasteiger partial charge is 0.379 e. The monoisotopic (exact) mass is 410 g/mol. The summed E-state index contributed by atoms with van der Waals surface area (Å²) in [4.78, 5) is 49.2. The van der Waals surface area contributed by atoms with Gasteiger partial charge < -0.3 is 10.1 Å². The number of ether oxygens (including phenoxy) is 1. The summed E-state index contributed by atoms with van der Waals surface area (Å²) in [6.45, 7) is 6.94. The van der Waals surface area contributed by atoms with Crippen molar-refractivity contribution in [2.75, 3.05) is 26.3 Å². The van der Waals surface area contributed by atoms with Gasteiger partial charge in [0.2, 0.25) is 17.7 Å². The third-order valence-corrected chi connectivity index (χ3v) is 5.42. The molecule has 1 aliphatic rings. The second kappa shape index (κ2) is 14.3. The summed E-state index contributed by atoms with van der Waals surface area (Å²) in [6, 6.07) is 0. The molecule has 3 amide bonds. The summed E-state index contributed by atoms with van der Waals surface area (Å²) >= 11 is 0. The van der Waals surface area contributed by atoms with Gasteiger partial charge in [-0.1, -0.05) is 39.5 Å². The van der Waals surface area contributed by atoms with E-state index >= 15 is 0 Å². The molecule has 1 fully saturated rings. The minimum Gasteiger partial charge on any atom is -0.379 e. The third-order valence-electron chi connectivity index (χ3n) is 5.42. The average Bonchev–Trinajstić information content (AvgIpc) is 2.95. The van der Waals surface area contributed by atoms with Crippen molar-refractivity contribution in [1.29, 1.82) is 0 Å². The van der Waals surface area contributed by atoms with Gasteiger partial charge in [-0.2, -0.15) is 0 Å². The first kappa shape index (κ1) is 25.3. The predicted octanol–water partition coefficient (Wildman–Crippen LogP) is 2.86. The maximum Gasteiger partial charge on any atom is 0.233 e. The van der Waals surface area contributed by atoms with Crippen LogP contribution in [0.5, 0.6) is 0 Å². The van der Waals surface area contributed by atoms with E-state index in [1.54, 1.807) is 0 Å². The molecule has 0 saturated carbocycles. The SMILES string of the molecule is CCCCCC(CCC)C1CC(=O)N(CCC(=O)NCCOCCC(C)=O)C1=O. The number of unbranched alkanes of at least 4 members (excludes halogenated alkanes) is 2. The second-order valence-electron chi connectivity index (χ2n) is 7.90. The lowest BCUT2D eigenvalue weighted by Gasteiger charge is -2.22. The first-order chi connectivity index (χ1) is 13.9. The molecule has 0 aromatic carbocycles. The number of likely N-dealkylation sites (tertiary alicyclic amines) is 1. The molecule has 166 valence electrons. The zero-order chi connectivity index (χ0) is 21.6. The van der Waals surface area contributed by atoms with Crippen LogP contribution in [0, 0.1) is 11.8 Å². The molecule has 7 nitrogen and oxygen atoms in total. The molecule has 1 aliphatic heterocycles. The van der Waals surface area contributed by atoms with E-state index < -0.39 is 0 Å². The zero-order valence-electron chi connectivity index (χ0n) is 18.3. The standard InChI is InChI=1S/C22H38N2O5/c1-4-6-7-9-18(8-5-2)19-16-21(27)24(22(19)28)13-10-20(26)23-12-15-29-14-11-17(3)25/h18-19H,4-16H2,1-3H3,(H,23,26). The van der Waals surface area contributed by atoms with Crippen molar-refractivity contribution in [2.45, 2.75) is 78.6 Å². The fourth-order valence-corrected chi connectivity index (χ4v) is 3.77. The first-order valence-corrected chi connectivity index (χ1v) is 11.1. The van der Waals surface area contributed by atoms with Crippen LogP contribution >= 0.6 is 0 Å². The van der Waals surface area contributed by atoms with Crippen LogP contribution in [0.4, 0.5) is 0 Å². The molecule has 0 aromatic rings. The van der Waals surface area contributed by atoms with Crippen molar-refractivity contribution in [3.05, 3.63) is 0 Å². The Morgan fingerprint density at radius 1 is 1.10 bits per heavy atom. The fourth-order valence-electron chi connectivity index (χ4n) is 3.77. The van der Waals surface area contributed by atoms with Gasteiger partial charge in [0, 0.05) is 32.4 Å². The smallest absolute Gasteiger partial charge is 0.233 e. The molecule has 1 rings (SSSR count). The van der Waals surface area contributed by atoms with E-state index in [-0.39, 0.29) is 54.7 Å². The van der Waals surface area contributed by atoms with Gasteiger partial charge in [0.15, 0.2) is 0 Å². The number of amides is 3. The summed E-state index contributed by atoms with van der Waals surface area (Å²) in [5, 5.41) is 2.71. The van der Waals surface area contributed by atoms with Gasteiger partial charge in [-0.05, 0) is 25.7 Å². The molecule has 1 heterocycles. The Kier molecular flexibility index (Phi) is 12.4. The van der Waals surface area contributed by atoms with E-state index in [2.05, 4.69) is 19.2 Å². The maximum absolute atomic E-state index is 12.8. The molecule has 0 bridgehead atoms. The maximum atomic E-state index is 12.8. The van der Waals surface area contributed by atoms with Crippen molar-refractivity contribution in [3.63, 3.8) is 0 Å². The number of hydrogen-bond donors (Lipinski definition) is 1. The quantitative estimate of drug-likeness (QED) is 0.312. The lowest BCUT2D eigenvalue weighted by molar-refractivity contribution is -0.140. The minimum atomic E-state index is -0.225. The predicted molar refractivity (Wildman–Crippen MR) is 111 cm³/mol. The van der Waals surface area contributed by atoms with Crippen molar-refractivity contribution in [2.24, 2.45) is 11.8 Å². The molecule has 0 radical (unpaired) electrons. The van der Waals surface area contributed by atoms with Crippen molar-refractivity contribution in [1.82, 2.24) is 10.2 Å². The lowest BCUT2D eigenvalue weighted by atomic mass is 9.83. The van der Waals surface area contributed by atoms with Crippen LogP contribution in [0.2, 0.25) is 0 Å². The molecular weight excluding hydrogens is 372 g/mol. The van der Waals surface area contributed by atoms with Gasteiger partial charge in [0.05, 0.1) is 19.1 Å². The Balaban J connectivity index is 2.38. The highest BCUT2D eigenvalue weighted by atomic mass is 16.5. The molecular formula is C22H38N2O5. The Morgan fingerprint density at radius 3 is 2.52 bits per heavy atom. The van der Waals surface area contributed by atoms with Gasteiger partial charge in [0.1, 0.15) is 5.78 Å². The molecule has 1 saturated heterocycles. The Morgan fingerprint density at radius 2 is 1.86 bits per heavy atom. The van der Waals surface area contributed by atoms with Crippen LogP contribution in [-0.2, 0) is 23.9 Å². The van der Waals surface area contributed by atoms with Crippen LogP contribution in [0.1, 0.15) is 78.6 Å². The summed E-state index contributed by atoms with van der Waals surface area (Å²) in [6.07, 6.45) is 7.09. The topological polar surface area (TPSA) is 92.8 Å². The van der Waals surface area contributed by atoms with Crippen molar-refractivity contribution < 1.29 is 23.9 Å². The van der Waals surface area contributed by atoms with Crippen LogP contribution in [0.25, 0.3) is 0 Å². The van der Waals surface area contributed by atoms with Crippen molar-refractivity contribution >= 4 is 23.5 Å². The number of rotatable bonds is 16. The molecule has 0 aromatic heterocycles. The van der Waals surface area contributed by atoms with Crippen LogP contribution in [-0.4, -0.2) is 54.7 Å². The summed E-state index contributed by atoms with van der Waals surface area (Å²) < 4.78 is 5.26. The number of Topliss-reactive ketones (excluding diaryl/α,β-unsaturated/α-hetero) is 1. The van der Waals surface area contributed by atoms with Gasteiger partial charge in [0.25, 0.3) is 0 Å². The lowest BCUT2D eigenvalue weighted by Crippen LogP contribution is -2.36. The number of carbonyl (C=O) groups excluding carboxylic acids is 4. The summed E-state index contributed by atoms with van der Waals surface area (Å²) in [5.41, 5.74) is 0. The highest BCUT2D eigenvalue weighted by Gasteiger charge is 2.41. The van der Waals surface area contributed by atoms with Gasteiger partial charge >= 0.3 is 0 Å². The minimum absolute atomic E-state index is 0.0684. The first-order valence-electron chi connectivity index (χ1n) is 11.1. The highest BCUT2D eigenvalue weighted by Crippen LogP contribution is 2.33. The van der Waals surface area contributed by atoms with Crippen molar-refractivity contribution in [3.8, 4) is 0 Å². The van der Waals surface area contributed by atoms with E-state index in [1.165, 1.54) is 11.8 Å². The van der Waals surface area contributed by atoms with Gasteiger partial charge in [-0.3, -0.25) is 24.1 Å². The van der Waals surface area contributed by atoms with Crippen LogP contribution in [0.15, 0.2) is 0 Å². The third kappa shape index (κ3) is 9.52. The van der Waals surface area contributed by atoms with Crippen LogP contribution in [0.3, 0.4) is 0 Å². The summed E-state index contributed by atoms with van der Waals surface area (Å²) in [5.74, 6) is -0.371. The van der Waals surface area contributed by atoms with E-state index in [1.807, 2.05) is 0 Å². The van der Waals surface area contributed by atoms with E-state index in [0.717, 1.165) is 38.5 Å². The number of carbonyl (C=O) groups is 4. The van der Waals surface area contributed by atoms with Crippen LogP contribution < -0.4 is 5.32 Å². The van der Waals surface area contributed by atoms with Gasteiger partial charge in [-0.15, -0.1) is 0 Å².